The van der Waals surface area contributed by atoms with Gasteiger partial charge in [0.1, 0.15) is 0 Å². The lowest BCUT2D eigenvalue weighted by Crippen LogP contribution is -2.34. The van der Waals surface area contributed by atoms with Crippen LogP contribution in [0, 0.1) is 11.8 Å². The van der Waals surface area contributed by atoms with E-state index in [4.69, 9.17) is 0 Å². The molecule has 0 N–H and O–H groups in total. The summed E-state index contributed by atoms with van der Waals surface area (Å²) < 4.78 is 78.0. The van der Waals surface area contributed by atoms with E-state index in [9.17, 15) is 26.3 Å². The lowest BCUT2D eigenvalue weighted by Gasteiger charge is -2.35. The Hall–Kier alpha value is -2.38. The van der Waals surface area contributed by atoms with Gasteiger partial charge in [-0.05, 0) is 73.9 Å². The van der Waals surface area contributed by atoms with E-state index in [0.717, 1.165) is 83.3 Å². The van der Waals surface area contributed by atoms with E-state index in [-0.39, 0.29) is 0 Å². The first-order chi connectivity index (χ1) is 16.6. The number of hydrogen-bond donors (Lipinski definition) is 0. The minimum absolute atomic E-state index is 0.599. The summed E-state index contributed by atoms with van der Waals surface area (Å²) in [6.45, 7) is 3.12. The van der Waals surface area contributed by atoms with Gasteiger partial charge in [0.25, 0.3) is 0 Å². The molecule has 0 aliphatic carbocycles. The Morgan fingerprint density at radius 3 is 1.31 bits per heavy atom. The number of alkyl halides is 6. The molecular formula is C27H32F6N2. The third-order valence-corrected chi connectivity index (χ3v) is 7.53. The molecule has 0 spiro atoms. The summed E-state index contributed by atoms with van der Waals surface area (Å²) in [5, 5.41) is 0. The zero-order valence-corrected chi connectivity index (χ0v) is 19.7. The maximum atomic E-state index is 13.0. The van der Waals surface area contributed by atoms with E-state index in [0.29, 0.717) is 23.2 Å². The fourth-order valence-electron chi connectivity index (χ4n) is 5.41. The number of piperidine rings is 2. The van der Waals surface area contributed by atoms with Crippen molar-refractivity contribution in [3.8, 4) is 0 Å². The molecular weight excluding hydrogens is 466 g/mol. The Morgan fingerprint density at radius 2 is 0.971 bits per heavy atom. The molecule has 0 bridgehead atoms. The van der Waals surface area contributed by atoms with E-state index >= 15 is 0 Å². The van der Waals surface area contributed by atoms with Crippen LogP contribution in [0.15, 0.2) is 48.5 Å². The zero-order valence-electron chi connectivity index (χ0n) is 19.7. The van der Waals surface area contributed by atoms with Crippen LogP contribution in [0.1, 0.15) is 56.1 Å². The van der Waals surface area contributed by atoms with Crippen LogP contribution in [0.4, 0.5) is 37.7 Å². The smallest absolute Gasteiger partial charge is 0.372 e. The Labute approximate surface area is 202 Å². The number of benzene rings is 2. The molecule has 0 amide bonds. The second-order valence-electron chi connectivity index (χ2n) is 9.89. The maximum absolute atomic E-state index is 13.0. The molecule has 192 valence electrons. The van der Waals surface area contributed by atoms with Crippen LogP contribution in [0.2, 0.25) is 0 Å². The summed E-state index contributed by atoms with van der Waals surface area (Å²) >= 11 is 0. The lowest BCUT2D eigenvalue weighted by molar-refractivity contribution is -0.138. The fourth-order valence-corrected chi connectivity index (χ4v) is 5.41. The molecule has 0 saturated carbocycles. The quantitative estimate of drug-likeness (QED) is 0.372. The van der Waals surface area contributed by atoms with Crippen LogP contribution in [-0.4, -0.2) is 26.2 Å². The molecule has 0 aromatic heterocycles. The number of rotatable bonds is 6. The summed E-state index contributed by atoms with van der Waals surface area (Å²) in [5.74, 6) is 1.20. The highest BCUT2D eigenvalue weighted by atomic mass is 19.4. The zero-order chi connectivity index (χ0) is 25.1. The van der Waals surface area contributed by atoms with Crippen molar-refractivity contribution in [1.82, 2.24) is 0 Å². The van der Waals surface area contributed by atoms with E-state index in [2.05, 4.69) is 9.80 Å². The van der Waals surface area contributed by atoms with Crippen LogP contribution < -0.4 is 9.80 Å². The third kappa shape index (κ3) is 6.85. The average Bonchev–Trinajstić information content (AvgIpc) is 2.84. The van der Waals surface area contributed by atoms with E-state index in [1.54, 1.807) is 12.1 Å². The molecule has 2 saturated heterocycles. The molecule has 2 aromatic rings. The Kier molecular flexibility index (Phi) is 7.86. The molecule has 0 unspecified atom stereocenters. The van der Waals surface area contributed by atoms with Gasteiger partial charge in [-0.15, -0.1) is 0 Å². The largest absolute Gasteiger partial charge is 0.416 e. The predicted molar refractivity (Wildman–Crippen MR) is 127 cm³/mol. The topological polar surface area (TPSA) is 6.48 Å². The summed E-state index contributed by atoms with van der Waals surface area (Å²) in [6.07, 6.45) is -1.30. The minimum atomic E-state index is -4.32. The highest BCUT2D eigenvalue weighted by Crippen LogP contribution is 2.35. The molecule has 0 radical (unpaired) electrons. The van der Waals surface area contributed by atoms with Crippen molar-refractivity contribution in [2.75, 3.05) is 36.0 Å². The second kappa shape index (κ2) is 10.7. The third-order valence-electron chi connectivity index (χ3n) is 7.53. The van der Waals surface area contributed by atoms with Crippen molar-refractivity contribution in [2.24, 2.45) is 11.8 Å². The summed E-state index contributed by atoms with van der Waals surface area (Å²) in [4.78, 5) is 4.10. The van der Waals surface area contributed by atoms with E-state index in [1.165, 1.54) is 24.3 Å². The lowest BCUT2D eigenvalue weighted by atomic mass is 9.86. The number of nitrogens with zero attached hydrogens (tertiary/aromatic N) is 2. The molecule has 2 nitrogen and oxygen atoms in total. The van der Waals surface area contributed by atoms with Crippen molar-refractivity contribution in [2.45, 2.75) is 57.3 Å². The Balaban J connectivity index is 1.17. The first-order valence-corrected chi connectivity index (χ1v) is 12.4. The molecule has 4 rings (SSSR count). The van der Waals surface area contributed by atoms with Gasteiger partial charge in [0, 0.05) is 37.6 Å². The van der Waals surface area contributed by atoms with Crippen molar-refractivity contribution in [1.29, 1.82) is 0 Å². The van der Waals surface area contributed by atoms with Crippen LogP contribution in [0.3, 0.4) is 0 Å². The van der Waals surface area contributed by atoms with Crippen LogP contribution in [-0.2, 0) is 12.4 Å². The van der Waals surface area contributed by atoms with E-state index < -0.39 is 23.5 Å². The average molecular weight is 499 g/mol. The number of anilines is 2. The normalized spacial score (nSPS) is 18.8. The van der Waals surface area contributed by atoms with Crippen molar-refractivity contribution < 1.29 is 26.3 Å². The number of halogens is 6. The Morgan fingerprint density at radius 1 is 0.600 bits per heavy atom. The van der Waals surface area contributed by atoms with Gasteiger partial charge in [0.15, 0.2) is 0 Å². The molecule has 2 aromatic carbocycles. The fraction of sp³-hybridized carbons (Fsp3) is 0.556. The summed E-state index contributed by atoms with van der Waals surface area (Å²) in [7, 11) is 0. The van der Waals surface area contributed by atoms with Gasteiger partial charge in [-0.1, -0.05) is 31.4 Å². The van der Waals surface area contributed by atoms with Gasteiger partial charge in [-0.2, -0.15) is 26.3 Å². The number of hydrogen-bond acceptors (Lipinski definition) is 2. The van der Waals surface area contributed by atoms with Crippen LogP contribution >= 0.6 is 0 Å². The first-order valence-electron chi connectivity index (χ1n) is 12.4. The SMILES string of the molecule is FC(F)(F)c1cccc(N2CCC(CCCC3CCN(c4cccc(C(F)(F)F)c4)CC3)CC2)c1. The molecule has 8 heteroatoms. The molecule has 2 heterocycles. The van der Waals surface area contributed by atoms with Gasteiger partial charge in [0.05, 0.1) is 11.1 Å². The highest BCUT2D eigenvalue weighted by molar-refractivity contribution is 5.50. The summed E-state index contributed by atoms with van der Waals surface area (Å²) in [6, 6.07) is 11.2. The molecule has 2 aliphatic heterocycles. The molecule has 2 aliphatic rings. The van der Waals surface area contributed by atoms with Crippen molar-refractivity contribution in [3.05, 3.63) is 59.7 Å². The molecule has 35 heavy (non-hydrogen) atoms. The van der Waals surface area contributed by atoms with Gasteiger partial charge in [0.2, 0.25) is 0 Å². The van der Waals surface area contributed by atoms with E-state index in [1.807, 2.05) is 0 Å². The minimum Gasteiger partial charge on any atom is -0.372 e. The monoisotopic (exact) mass is 498 g/mol. The van der Waals surface area contributed by atoms with Crippen LogP contribution in [0.5, 0.6) is 0 Å². The predicted octanol–water partition coefficient (Wildman–Crippen LogP) is 8.03. The van der Waals surface area contributed by atoms with Crippen LogP contribution in [0.25, 0.3) is 0 Å². The molecule has 2 fully saturated rings. The molecule has 0 atom stereocenters. The van der Waals surface area contributed by atoms with Crippen molar-refractivity contribution >= 4 is 11.4 Å². The first kappa shape index (κ1) is 25.7. The standard InChI is InChI=1S/C27H32F6N2/c28-26(29,30)22-6-2-8-24(18-22)34-14-10-20(11-15-34)4-1-5-21-12-16-35(17-13-21)25-9-3-7-23(19-25)27(31,32)33/h2-3,6-9,18-21H,1,4-5,10-17H2. The summed E-state index contributed by atoms with van der Waals surface area (Å²) in [5.41, 5.74) is 0.0871. The van der Waals surface area contributed by atoms with Gasteiger partial charge in [-0.3, -0.25) is 0 Å². The highest BCUT2D eigenvalue weighted by Gasteiger charge is 2.32. The van der Waals surface area contributed by atoms with Gasteiger partial charge in [-0.25, -0.2) is 0 Å². The van der Waals surface area contributed by atoms with Gasteiger partial charge >= 0.3 is 12.4 Å². The van der Waals surface area contributed by atoms with Gasteiger partial charge < -0.3 is 9.80 Å². The second-order valence-corrected chi connectivity index (χ2v) is 9.89. The van der Waals surface area contributed by atoms with Crippen molar-refractivity contribution in [3.63, 3.8) is 0 Å². The Bertz CT molecular complexity index is 877. The maximum Gasteiger partial charge on any atom is 0.416 e.